The van der Waals surface area contributed by atoms with Gasteiger partial charge in [-0.05, 0) is 55.2 Å². The fraction of sp³-hybridized carbons (Fsp3) is 0.258. The van der Waals surface area contributed by atoms with Crippen LogP contribution in [0.4, 0.5) is 5.95 Å². The average molecular weight is 566 g/mol. The number of hydrogen-bond acceptors (Lipinski definition) is 9. The fourth-order valence-electron chi connectivity index (χ4n) is 4.91. The maximum Gasteiger partial charge on any atom is 0.251 e. The molecule has 11 heteroatoms. The molecule has 11 nitrogen and oxygen atoms in total. The molecule has 0 unspecified atom stereocenters. The number of nitrogens with zero attached hydrogens (tertiary/aromatic N) is 6. The molecule has 42 heavy (non-hydrogen) atoms. The molecule has 1 amide bonds. The number of piperidine rings is 1. The van der Waals surface area contributed by atoms with Crippen LogP contribution >= 0.6 is 0 Å². The van der Waals surface area contributed by atoms with Gasteiger partial charge in [-0.25, -0.2) is 14.6 Å². The second-order valence-corrected chi connectivity index (χ2v) is 10.1. The first-order chi connectivity index (χ1) is 20.6. The number of aromatic nitrogens is 5. The lowest BCUT2D eigenvalue weighted by atomic mass is 9.97. The first-order valence-corrected chi connectivity index (χ1v) is 13.8. The molecule has 6 rings (SSSR count). The van der Waals surface area contributed by atoms with E-state index < -0.39 is 0 Å². The van der Waals surface area contributed by atoms with Gasteiger partial charge in [-0.15, -0.1) is 0 Å². The predicted molar refractivity (Wildman–Crippen MR) is 156 cm³/mol. The van der Waals surface area contributed by atoms with Crippen LogP contribution < -0.4 is 19.7 Å². The Labute approximate surface area is 243 Å². The van der Waals surface area contributed by atoms with Crippen LogP contribution in [0.5, 0.6) is 11.5 Å². The summed E-state index contributed by atoms with van der Waals surface area (Å²) in [4.78, 5) is 28.8. The summed E-state index contributed by atoms with van der Waals surface area (Å²) >= 11 is 0. The largest absolute Gasteiger partial charge is 0.497 e. The number of ether oxygens (including phenoxy) is 2. The van der Waals surface area contributed by atoms with Crippen molar-refractivity contribution in [3.05, 3.63) is 97.0 Å². The maximum absolute atomic E-state index is 13.0. The number of nitrogens with one attached hydrogen (secondary N) is 1. The minimum atomic E-state index is -0.163. The number of amides is 1. The quantitative estimate of drug-likeness (QED) is 0.260. The highest BCUT2D eigenvalue weighted by Crippen LogP contribution is 2.25. The number of methoxy groups -OCH3 is 1. The lowest BCUT2D eigenvalue weighted by Gasteiger charge is -2.32. The molecule has 1 saturated heterocycles. The predicted octanol–water partition coefficient (Wildman–Crippen LogP) is 4.55. The zero-order chi connectivity index (χ0) is 28.7. The summed E-state index contributed by atoms with van der Waals surface area (Å²) in [6.45, 7) is 2.51. The van der Waals surface area contributed by atoms with Crippen LogP contribution in [-0.4, -0.2) is 57.4 Å². The molecule has 1 aliphatic heterocycles. The Kier molecular flexibility index (Phi) is 8.07. The van der Waals surface area contributed by atoms with E-state index in [1.54, 1.807) is 55.0 Å². The van der Waals surface area contributed by atoms with Gasteiger partial charge in [0.2, 0.25) is 5.95 Å². The van der Waals surface area contributed by atoms with E-state index in [1.165, 1.54) is 0 Å². The number of rotatable bonds is 10. The Morgan fingerprint density at radius 1 is 1.07 bits per heavy atom. The van der Waals surface area contributed by atoms with Crippen LogP contribution in [0.1, 0.15) is 28.8 Å². The van der Waals surface area contributed by atoms with E-state index in [2.05, 4.69) is 25.3 Å². The van der Waals surface area contributed by atoms with Gasteiger partial charge in [0.15, 0.2) is 5.82 Å². The summed E-state index contributed by atoms with van der Waals surface area (Å²) in [6.07, 6.45) is 10.3. The zero-order valence-corrected chi connectivity index (χ0v) is 23.2. The average Bonchev–Trinajstić information content (AvgIpc) is 3.78. The molecule has 214 valence electrons. The minimum absolute atomic E-state index is 0.163. The smallest absolute Gasteiger partial charge is 0.251 e. The van der Waals surface area contributed by atoms with Gasteiger partial charge in [-0.2, -0.15) is 10.1 Å². The van der Waals surface area contributed by atoms with Gasteiger partial charge in [0.1, 0.15) is 24.4 Å². The minimum Gasteiger partial charge on any atom is -0.497 e. The van der Waals surface area contributed by atoms with Gasteiger partial charge in [0.25, 0.3) is 5.91 Å². The monoisotopic (exact) mass is 565 g/mol. The van der Waals surface area contributed by atoms with E-state index in [1.807, 2.05) is 42.6 Å². The fourth-order valence-corrected chi connectivity index (χ4v) is 4.91. The number of furan rings is 1. The highest BCUT2D eigenvalue weighted by atomic mass is 16.5. The van der Waals surface area contributed by atoms with Crippen molar-refractivity contribution in [2.45, 2.75) is 19.4 Å². The Bertz CT molecular complexity index is 1610. The summed E-state index contributed by atoms with van der Waals surface area (Å²) < 4.78 is 18.1. The summed E-state index contributed by atoms with van der Waals surface area (Å²) in [5.41, 5.74) is 3.23. The third-order valence-corrected chi connectivity index (χ3v) is 7.24. The first kappa shape index (κ1) is 27.0. The molecule has 2 aromatic carbocycles. The maximum atomic E-state index is 13.0. The molecule has 1 aliphatic rings. The van der Waals surface area contributed by atoms with E-state index in [0.29, 0.717) is 47.9 Å². The van der Waals surface area contributed by atoms with Gasteiger partial charge in [-0.1, -0.05) is 12.1 Å². The molecule has 5 aromatic rings. The molecule has 4 heterocycles. The molecular formula is C31H31N7O4. The molecule has 0 radical (unpaired) electrons. The third-order valence-electron chi connectivity index (χ3n) is 7.24. The summed E-state index contributed by atoms with van der Waals surface area (Å²) in [5.74, 6) is 2.58. The van der Waals surface area contributed by atoms with Crippen LogP contribution in [-0.2, 0) is 6.61 Å². The molecule has 1 N–H and O–H groups in total. The highest BCUT2D eigenvalue weighted by molar-refractivity contribution is 5.95. The number of carbonyl (C=O) groups is 1. The van der Waals surface area contributed by atoms with Crippen molar-refractivity contribution in [1.29, 1.82) is 0 Å². The van der Waals surface area contributed by atoms with E-state index in [9.17, 15) is 4.79 Å². The van der Waals surface area contributed by atoms with Crippen LogP contribution in [0.25, 0.3) is 17.1 Å². The number of hydrogen-bond donors (Lipinski definition) is 1. The SMILES string of the molecule is COc1cc(OCc2ccoc2)cc(C(=O)NCC2CCN(c3ncnc(-c4cccc(-n5cccn5)c4)n3)CC2)c1. The van der Waals surface area contributed by atoms with Crippen LogP contribution in [0.15, 0.2) is 90.3 Å². The van der Waals surface area contributed by atoms with Crippen LogP contribution in [0.2, 0.25) is 0 Å². The standard InChI is InChI=1S/C31H31N7O4/c1-40-27-15-25(16-28(17-27)42-20-23-8-13-41-19-23)30(39)32-18-22-6-11-37(12-7-22)31-34-21-33-29(36-31)24-4-2-5-26(14-24)38-10-3-9-35-38/h2-5,8-10,13-17,19,21-22H,6-7,11-12,18,20H2,1H3,(H,32,39). The van der Waals surface area contributed by atoms with Crippen molar-refractivity contribution < 1.29 is 18.7 Å². The van der Waals surface area contributed by atoms with Crippen molar-refractivity contribution in [3.63, 3.8) is 0 Å². The van der Waals surface area contributed by atoms with Crippen molar-refractivity contribution >= 4 is 11.9 Å². The van der Waals surface area contributed by atoms with Gasteiger partial charge < -0.3 is 24.1 Å². The Hall–Kier alpha value is -5.19. The summed E-state index contributed by atoms with van der Waals surface area (Å²) in [5, 5.41) is 7.39. The number of carbonyl (C=O) groups excluding carboxylic acids is 1. The van der Waals surface area contributed by atoms with Crippen molar-refractivity contribution in [2.24, 2.45) is 5.92 Å². The Balaban J connectivity index is 1.03. The second-order valence-electron chi connectivity index (χ2n) is 10.1. The zero-order valence-electron chi connectivity index (χ0n) is 23.2. The Morgan fingerprint density at radius 2 is 1.95 bits per heavy atom. The van der Waals surface area contributed by atoms with Crippen molar-refractivity contribution in [1.82, 2.24) is 30.0 Å². The van der Waals surface area contributed by atoms with Gasteiger partial charge in [-0.3, -0.25) is 4.79 Å². The lowest BCUT2D eigenvalue weighted by molar-refractivity contribution is 0.0944. The molecule has 1 fully saturated rings. The summed E-state index contributed by atoms with van der Waals surface area (Å²) in [6, 6.07) is 16.9. The van der Waals surface area contributed by atoms with Crippen molar-refractivity contribution in [2.75, 3.05) is 31.6 Å². The first-order valence-electron chi connectivity index (χ1n) is 13.8. The Morgan fingerprint density at radius 3 is 2.74 bits per heavy atom. The number of benzene rings is 2. The van der Waals surface area contributed by atoms with Crippen molar-refractivity contribution in [3.8, 4) is 28.6 Å². The lowest BCUT2D eigenvalue weighted by Crippen LogP contribution is -2.39. The van der Waals surface area contributed by atoms with E-state index >= 15 is 0 Å². The highest BCUT2D eigenvalue weighted by Gasteiger charge is 2.22. The molecule has 0 spiro atoms. The molecule has 0 aliphatic carbocycles. The van der Waals surface area contributed by atoms with E-state index in [4.69, 9.17) is 18.9 Å². The van der Waals surface area contributed by atoms with Crippen LogP contribution in [0.3, 0.4) is 0 Å². The molecule has 0 saturated carbocycles. The number of anilines is 1. The van der Waals surface area contributed by atoms with Gasteiger partial charge >= 0.3 is 0 Å². The molecule has 0 bridgehead atoms. The molecular weight excluding hydrogens is 534 g/mol. The molecule has 0 atom stereocenters. The summed E-state index contributed by atoms with van der Waals surface area (Å²) in [7, 11) is 1.57. The third kappa shape index (κ3) is 6.41. The molecule has 3 aromatic heterocycles. The topological polar surface area (TPSA) is 120 Å². The van der Waals surface area contributed by atoms with Gasteiger partial charge in [0, 0.05) is 54.8 Å². The van der Waals surface area contributed by atoms with E-state index in [0.717, 1.165) is 42.7 Å². The second kappa shape index (κ2) is 12.5. The normalized spacial score (nSPS) is 13.6. The van der Waals surface area contributed by atoms with E-state index in [-0.39, 0.29) is 5.91 Å². The van der Waals surface area contributed by atoms with Gasteiger partial charge in [0.05, 0.1) is 25.3 Å². The van der Waals surface area contributed by atoms with Crippen LogP contribution in [0, 0.1) is 5.92 Å².